The van der Waals surface area contributed by atoms with Gasteiger partial charge in [-0.2, -0.15) is 0 Å². The number of esters is 1. The molecule has 2 heterocycles. The van der Waals surface area contributed by atoms with E-state index in [0.29, 0.717) is 22.0 Å². The van der Waals surface area contributed by atoms with Gasteiger partial charge in [0.15, 0.2) is 0 Å². The number of benzene rings is 1. The number of hydrogen-bond donors (Lipinski definition) is 1. The third-order valence-electron chi connectivity index (χ3n) is 3.17. The van der Waals surface area contributed by atoms with E-state index in [0.717, 1.165) is 22.0 Å². The van der Waals surface area contributed by atoms with Gasteiger partial charge < -0.3 is 15.2 Å². The van der Waals surface area contributed by atoms with E-state index >= 15 is 0 Å². The number of nitrogens with zero attached hydrogens (tertiary/aromatic N) is 1. The first-order chi connectivity index (χ1) is 10.1. The van der Waals surface area contributed by atoms with E-state index in [1.165, 1.54) is 18.4 Å². The van der Waals surface area contributed by atoms with Gasteiger partial charge in [0.2, 0.25) is 0 Å². The van der Waals surface area contributed by atoms with Crippen molar-refractivity contribution in [1.82, 2.24) is 4.98 Å². The lowest BCUT2D eigenvalue weighted by molar-refractivity contribution is 0.0607. The van der Waals surface area contributed by atoms with Crippen molar-refractivity contribution in [3.63, 3.8) is 0 Å². The van der Waals surface area contributed by atoms with Crippen molar-refractivity contribution in [1.29, 1.82) is 0 Å². The average Bonchev–Trinajstić information content (AvgIpc) is 2.81. The molecule has 0 spiro atoms. The zero-order chi connectivity index (χ0) is 15.0. The molecule has 2 N–H and O–H groups in total. The van der Waals surface area contributed by atoms with E-state index in [9.17, 15) is 4.79 Å². The van der Waals surface area contributed by atoms with Gasteiger partial charge in [0, 0.05) is 16.8 Å². The number of carbonyl (C=O) groups excluding carboxylic acids is 1. The molecule has 5 nitrogen and oxygen atoms in total. The third-order valence-corrected chi connectivity index (χ3v) is 4.26. The molecular formula is C15H14N2O3S. The van der Waals surface area contributed by atoms with Crippen molar-refractivity contribution in [2.45, 2.75) is 6.92 Å². The highest BCUT2D eigenvalue weighted by Gasteiger charge is 2.18. The van der Waals surface area contributed by atoms with Gasteiger partial charge in [-0.1, -0.05) is 0 Å². The normalized spacial score (nSPS) is 11.0. The molecule has 0 fully saturated rings. The lowest BCUT2D eigenvalue weighted by Crippen LogP contribution is -2.01. The van der Waals surface area contributed by atoms with Crippen molar-refractivity contribution in [3.05, 3.63) is 29.1 Å². The molecule has 0 aliphatic heterocycles. The molecular weight excluding hydrogens is 288 g/mol. The molecule has 0 aliphatic carbocycles. The van der Waals surface area contributed by atoms with Crippen molar-refractivity contribution in [2.24, 2.45) is 0 Å². The predicted molar refractivity (Wildman–Crippen MR) is 84.0 cm³/mol. The number of rotatable bonds is 3. The van der Waals surface area contributed by atoms with E-state index in [4.69, 9.17) is 15.2 Å². The van der Waals surface area contributed by atoms with Crippen LogP contribution in [0.4, 0.5) is 5.69 Å². The summed E-state index contributed by atoms with van der Waals surface area (Å²) < 4.78 is 10.2. The number of aromatic nitrogens is 1. The zero-order valence-corrected chi connectivity index (χ0v) is 12.5. The first-order valence-corrected chi connectivity index (χ1v) is 7.29. The van der Waals surface area contributed by atoms with E-state index in [2.05, 4.69) is 4.98 Å². The van der Waals surface area contributed by atoms with Crippen LogP contribution >= 0.6 is 11.3 Å². The highest BCUT2D eigenvalue weighted by molar-refractivity contribution is 7.21. The lowest BCUT2D eigenvalue weighted by Gasteiger charge is -2.04. The standard InChI is InChI=1S/C15H14N2O3S/c1-3-20-9-5-4-8-6-10-12(16)13(15(18)19-2)21-14(10)17-11(8)7-9/h4-7H,3,16H2,1-2H3. The summed E-state index contributed by atoms with van der Waals surface area (Å²) in [5.74, 6) is 0.337. The molecule has 0 amide bonds. The molecule has 0 bridgehead atoms. The molecule has 21 heavy (non-hydrogen) atoms. The largest absolute Gasteiger partial charge is 0.494 e. The minimum absolute atomic E-state index is 0.389. The maximum atomic E-state index is 11.7. The van der Waals surface area contributed by atoms with Gasteiger partial charge in [0.1, 0.15) is 15.5 Å². The maximum Gasteiger partial charge on any atom is 0.350 e. The minimum atomic E-state index is -0.436. The average molecular weight is 302 g/mol. The molecule has 1 aromatic carbocycles. The first kappa shape index (κ1) is 13.6. The molecule has 0 unspecified atom stereocenters. The van der Waals surface area contributed by atoms with Crippen LogP contribution in [0.3, 0.4) is 0 Å². The number of methoxy groups -OCH3 is 1. The summed E-state index contributed by atoms with van der Waals surface area (Å²) in [6, 6.07) is 7.64. The molecule has 3 rings (SSSR count). The molecule has 0 saturated heterocycles. The Morgan fingerprint density at radius 3 is 2.90 bits per heavy atom. The fourth-order valence-electron chi connectivity index (χ4n) is 2.17. The maximum absolute atomic E-state index is 11.7. The summed E-state index contributed by atoms with van der Waals surface area (Å²) in [5, 5.41) is 1.73. The first-order valence-electron chi connectivity index (χ1n) is 6.48. The van der Waals surface area contributed by atoms with Gasteiger partial charge in [-0.3, -0.25) is 0 Å². The Hall–Kier alpha value is -2.34. The quantitative estimate of drug-likeness (QED) is 0.752. The van der Waals surface area contributed by atoms with Gasteiger partial charge in [-0.05, 0) is 25.1 Å². The van der Waals surface area contributed by atoms with Gasteiger partial charge in [0.25, 0.3) is 0 Å². The molecule has 2 aromatic heterocycles. The number of carbonyl (C=O) groups is 1. The molecule has 0 aliphatic rings. The summed E-state index contributed by atoms with van der Waals surface area (Å²) >= 11 is 1.24. The van der Waals surface area contributed by atoms with Gasteiger partial charge in [-0.15, -0.1) is 11.3 Å². The highest BCUT2D eigenvalue weighted by atomic mass is 32.1. The summed E-state index contributed by atoms with van der Waals surface area (Å²) in [4.78, 5) is 17.4. The van der Waals surface area contributed by atoms with Crippen LogP contribution in [-0.2, 0) is 4.74 Å². The fraction of sp³-hybridized carbons (Fsp3) is 0.200. The Balaban J connectivity index is 2.22. The van der Waals surface area contributed by atoms with Crippen molar-refractivity contribution in [3.8, 4) is 5.75 Å². The van der Waals surface area contributed by atoms with Crippen LogP contribution in [0, 0.1) is 0 Å². The summed E-state index contributed by atoms with van der Waals surface area (Å²) in [6.45, 7) is 2.54. The van der Waals surface area contributed by atoms with Crippen LogP contribution in [0.1, 0.15) is 16.6 Å². The minimum Gasteiger partial charge on any atom is -0.494 e. The topological polar surface area (TPSA) is 74.4 Å². The second-order valence-electron chi connectivity index (χ2n) is 4.47. The highest BCUT2D eigenvalue weighted by Crippen LogP contribution is 2.35. The molecule has 0 atom stereocenters. The van der Waals surface area contributed by atoms with E-state index in [1.54, 1.807) is 0 Å². The van der Waals surface area contributed by atoms with Gasteiger partial charge in [-0.25, -0.2) is 9.78 Å². The Morgan fingerprint density at radius 2 is 2.19 bits per heavy atom. The Morgan fingerprint density at radius 1 is 1.38 bits per heavy atom. The van der Waals surface area contributed by atoms with Crippen LogP contribution < -0.4 is 10.5 Å². The van der Waals surface area contributed by atoms with Crippen LogP contribution in [0.15, 0.2) is 24.3 Å². The monoisotopic (exact) mass is 302 g/mol. The summed E-state index contributed by atoms with van der Waals surface area (Å²) in [6.07, 6.45) is 0. The number of fused-ring (bicyclic) bond motifs is 2. The fourth-order valence-corrected chi connectivity index (χ4v) is 3.18. The molecule has 6 heteroatoms. The van der Waals surface area contributed by atoms with E-state index in [-0.39, 0.29) is 0 Å². The number of nitrogens with two attached hydrogens (primary N) is 1. The molecule has 0 radical (unpaired) electrons. The van der Waals surface area contributed by atoms with Gasteiger partial charge in [0.05, 0.1) is 24.9 Å². The van der Waals surface area contributed by atoms with Crippen molar-refractivity contribution in [2.75, 3.05) is 19.5 Å². The number of thiophene rings is 1. The predicted octanol–water partition coefficient (Wildman–Crippen LogP) is 3.22. The van der Waals surface area contributed by atoms with Crippen LogP contribution in [0.2, 0.25) is 0 Å². The number of pyridine rings is 1. The number of hydrogen-bond acceptors (Lipinski definition) is 6. The lowest BCUT2D eigenvalue weighted by atomic mass is 10.1. The van der Waals surface area contributed by atoms with Crippen LogP contribution in [-0.4, -0.2) is 24.7 Å². The Bertz CT molecular complexity index is 842. The summed E-state index contributed by atoms with van der Waals surface area (Å²) in [7, 11) is 1.34. The van der Waals surface area contributed by atoms with Crippen LogP contribution in [0.5, 0.6) is 5.75 Å². The molecule has 108 valence electrons. The number of ether oxygens (including phenoxy) is 2. The Labute approximate surface area is 125 Å². The van der Waals surface area contributed by atoms with E-state index < -0.39 is 5.97 Å². The second kappa shape index (κ2) is 5.21. The SMILES string of the molecule is CCOc1ccc2cc3c(N)c(C(=O)OC)sc3nc2c1. The summed E-state index contributed by atoms with van der Waals surface area (Å²) in [5.41, 5.74) is 7.26. The van der Waals surface area contributed by atoms with E-state index in [1.807, 2.05) is 31.2 Å². The smallest absolute Gasteiger partial charge is 0.350 e. The van der Waals surface area contributed by atoms with Crippen molar-refractivity contribution >= 4 is 44.1 Å². The molecule has 0 saturated carbocycles. The number of anilines is 1. The second-order valence-corrected chi connectivity index (χ2v) is 5.46. The number of nitrogen functional groups attached to an aromatic ring is 1. The van der Waals surface area contributed by atoms with Crippen molar-refractivity contribution < 1.29 is 14.3 Å². The third kappa shape index (κ3) is 2.27. The molecule has 3 aromatic rings. The Kier molecular flexibility index (Phi) is 3.39. The van der Waals surface area contributed by atoms with Crippen LogP contribution in [0.25, 0.3) is 21.1 Å². The zero-order valence-electron chi connectivity index (χ0n) is 11.7. The van der Waals surface area contributed by atoms with Gasteiger partial charge >= 0.3 is 5.97 Å².